The lowest BCUT2D eigenvalue weighted by Gasteiger charge is -2.36. The number of amides is 1. The van der Waals surface area contributed by atoms with Crippen LogP contribution in [0.1, 0.15) is 5.56 Å². The van der Waals surface area contributed by atoms with Crippen LogP contribution in [-0.2, 0) is 20.7 Å². The Hall–Kier alpha value is -2.28. The fourth-order valence-corrected chi connectivity index (χ4v) is 2.94. The first kappa shape index (κ1) is 15.6. The quantitative estimate of drug-likeness (QED) is 0.875. The van der Waals surface area contributed by atoms with Gasteiger partial charge in [0.1, 0.15) is 18.1 Å². The summed E-state index contributed by atoms with van der Waals surface area (Å²) in [4.78, 5) is 25.4. The van der Waals surface area contributed by atoms with Crippen molar-refractivity contribution < 1.29 is 28.9 Å². The van der Waals surface area contributed by atoms with Crippen LogP contribution in [0.4, 0.5) is 0 Å². The van der Waals surface area contributed by atoms with E-state index in [1.807, 2.05) is 12.1 Å². The van der Waals surface area contributed by atoms with Crippen molar-refractivity contribution in [2.45, 2.75) is 12.5 Å². The van der Waals surface area contributed by atoms with Crippen molar-refractivity contribution in [3.63, 3.8) is 0 Å². The highest BCUT2D eigenvalue weighted by Gasteiger charge is 2.37. The van der Waals surface area contributed by atoms with Crippen LogP contribution in [0, 0.1) is 5.92 Å². The second kappa shape index (κ2) is 6.45. The molecule has 3 rings (SSSR count). The van der Waals surface area contributed by atoms with Crippen LogP contribution >= 0.6 is 0 Å². The summed E-state index contributed by atoms with van der Waals surface area (Å²) < 4.78 is 16.0. The lowest BCUT2D eigenvalue weighted by molar-refractivity contribution is -0.161. The molecule has 1 amide bonds. The number of methoxy groups -OCH3 is 1. The molecule has 1 fully saturated rings. The summed E-state index contributed by atoms with van der Waals surface area (Å²) in [5.41, 5.74) is 0.926. The maximum Gasteiger partial charge on any atom is 0.328 e. The molecule has 2 aliphatic rings. The summed E-state index contributed by atoms with van der Waals surface area (Å²) in [5.74, 6) is -0.198. The second-order valence-corrected chi connectivity index (χ2v) is 5.65. The summed E-state index contributed by atoms with van der Waals surface area (Å²) in [5, 5.41) is 9.25. The third-order valence-electron chi connectivity index (χ3n) is 4.23. The molecule has 1 aromatic rings. The fourth-order valence-electron chi connectivity index (χ4n) is 2.94. The summed E-state index contributed by atoms with van der Waals surface area (Å²) in [6.45, 7) is 0.920. The summed E-state index contributed by atoms with van der Waals surface area (Å²) in [6.07, 6.45) is 0.530. The Morgan fingerprint density at radius 3 is 2.91 bits per heavy atom. The highest BCUT2D eigenvalue weighted by Crippen LogP contribution is 2.32. The number of hydrogen-bond donors (Lipinski definition) is 1. The van der Waals surface area contributed by atoms with Gasteiger partial charge < -0.3 is 24.2 Å². The van der Waals surface area contributed by atoms with Crippen LogP contribution in [0.2, 0.25) is 0 Å². The van der Waals surface area contributed by atoms with Crippen LogP contribution in [0.15, 0.2) is 18.2 Å². The number of aliphatic carboxylic acids is 1. The second-order valence-electron chi connectivity index (χ2n) is 5.65. The smallest absolute Gasteiger partial charge is 0.328 e. The minimum Gasteiger partial charge on any atom is -0.497 e. The average Bonchev–Trinajstić information content (AvgIpc) is 2.60. The molecule has 2 atom stereocenters. The van der Waals surface area contributed by atoms with E-state index >= 15 is 0 Å². The summed E-state index contributed by atoms with van der Waals surface area (Å²) in [6, 6.07) is 4.57. The molecule has 7 heteroatoms. The minimum atomic E-state index is -1.04. The van der Waals surface area contributed by atoms with Gasteiger partial charge in [0.15, 0.2) is 6.04 Å². The van der Waals surface area contributed by atoms with E-state index in [1.165, 1.54) is 4.90 Å². The van der Waals surface area contributed by atoms with Gasteiger partial charge in [-0.2, -0.15) is 0 Å². The van der Waals surface area contributed by atoms with E-state index in [-0.39, 0.29) is 25.0 Å². The van der Waals surface area contributed by atoms with Crippen LogP contribution < -0.4 is 9.47 Å². The molecule has 0 radical (unpaired) electrons. The van der Waals surface area contributed by atoms with Crippen LogP contribution in [0.5, 0.6) is 11.5 Å². The molecule has 0 aromatic heterocycles. The predicted molar refractivity (Wildman–Crippen MR) is 79.6 cm³/mol. The Balaban J connectivity index is 1.74. The summed E-state index contributed by atoms with van der Waals surface area (Å²) in [7, 11) is 1.58. The number of carboxylic acids is 1. The van der Waals surface area contributed by atoms with Crippen molar-refractivity contribution in [2.24, 2.45) is 5.92 Å². The van der Waals surface area contributed by atoms with Gasteiger partial charge in [-0.25, -0.2) is 4.79 Å². The number of carbonyl (C=O) groups excluding carboxylic acids is 1. The molecule has 1 N–H and O–H groups in total. The van der Waals surface area contributed by atoms with Crippen molar-refractivity contribution >= 4 is 11.9 Å². The molecule has 23 heavy (non-hydrogen) atoms. The van der Waals surface area contributed by atoms with Gasteiger partial charge in [0.25, 0.3) is 0 Å². The molecule has 0 saturated carbocycles. The molecule has 0 unspecified atom stereocenters. The highest BCUT2D eigenvalue weighted by molar-refractivity contribution is 5.86. The molecule has 124 valence electrons. The lowest BCUT2D eigenvalue weighted by atomic mass is 9.94. The number of ether oxygens (including phenoxy) is 3. The van der Waals surface area contributed by atoms with Gasteiger partial charge in [0.05, 0.1) is 26.2 Å². The van der Waals surface area contributed by atoms with E-state index < -0.39 is 12.0 Å². The third-order valence-corrected chi connectivity index (χ3v) is 4.23. The van der Waals surface area contributed by atoms with Gasteiger partial charge in [-0.3, -0.25) is 4.79 Å². The summed E-state index contributed by atoms with van der Waals surface area (Å²) >= 11 is 0. The molecule has 7 nitrogen and oxygen atoms in total. The van der Waals surface area contributed by atoms with Gasteiger partial charge in [0.2, 0.25) is 5.91 Å². The molecular weight excluding hydrogens is 302 g/mol. The molecule has 0 spiro atoms. The first-order chi connectivity index (χ1) is 11.1. The zero-order valence-corrected chi connectivity index (χ0v) is 12.9. The number of nitrogens with zero attached hydrogens (tertiary/aromatic N) is 1. The lowest BCUT2D eigenvalue weighted by Crippen LogP contribution is -2.55. The maximum atomic E-state index is 12.7. The Labute approximate surface area is 133 Å². The number of carbonyl (C=O) groups is 2. The highest BCUT2D eigenvalue weighted by atomic mass is 16.5. The van der Waals surface area contributed by atoms with Crippen molar-refractivity contribution in [3.8, 4) is 11.5 Å². The zero-order chi connectivity index (χ0) is 16.4. The molecule has 0 bridgehead atoms. The molecule has 2 heterocycles. The Morgan fingerprint density at radius 2 is 2.17 bits per heavy atom. The average molecular weight is 321 g/mol. The number of hydrogen-bond acceptors (Lipinski definition) is 5. The van der Waals surface area contributed by atoms with E-state index in [1.54, 1.807) is 13.2 Å². The van der Waals surface area contributed by atoms with Crippen molar-refractivity contribution in [1.29, 1.82) is 0 Å². The van der Waals surface area contributed by atoms with Crippen molar-refractivity contribution in [3.05, 3.63) is 23.8 Å². The van der Waals surface area contributed by atoms with E-state index in [4.69, 9.17) is 14.2 Å². The normalized spacial score (nSPS) is 23.6. The minimum absolute atomic E-state index is 0.0302. The number of morpholine rings is 1. The van der Waals surface area contributed by atoms with Crippen LogP contribution in [-0.4, -0.2) is 61.4 Å². The van der Waals surface area contributed by atoms with Gasteiger partial charge in [-0.05, 0) is 18.1 Å². The van der Waals surface area contributed by atoms with Crippen LogP contribution in [0.3, 0.4) is 0 Å². The van der Waals surface area contributed by atoms with Crippen molar-refractivity contribution in [1.82, 2.24) is 4.90 Å². The predicted octanol–water partition coefficient (Wildman–Crippen LogP) is 0.558. The van der Waals surface area contributed by atoms with E-state index in [0.29, 0.717) is 31.1 Å². The first-order valence-corrected chi connectivity index (χ1v) is 7.51. The number of carboxylic acid groups (broad SMARTS) is 1. The van der Waals surface area contributed by atoms with Gasteiger partial charge in [-0.15, -0.1) is 0 Å². The SMILES string of the molecule is COc1ccc2c(c1)OC[C@@H](C(=O)N1CCOC[C@H]1C(=O)O)C2. The Bertz CT molecular complexity index is 617. The van der Waals surface area contributed by atoms with E-state index in [0.717, 1.165) is 5.56 Å². The maximum absolute atomic E-state index is 12.7. The molecule has 1 saturated heterocycles. The topological polar surface area (TPSA) is 85.3 Å². The number of benzene rings is 1. The molecule has 0 aliphatic carbocycles. The number of fused-ring (bicyclic) bond motifs is 1. The number of rotatable bonds is 3. The monoisotopic (exact) mass is 321 g/mol. The molecule has 2 aliphatic heterocycles. The van der Waals surface area contributed by atoms with Gasteiger partial charge >= 0.3 is 5.97 Å². The van der Waals surface area contributed by atoms with E-state index in [9.17, 15) is 14.7 Å². The zero-order valence-electron chi connectivity index (χ0n) is 12.9. The molecule has 1 aromatic carbocycles. The molecular formula is C16H19NO6. The van der Waals surface area contributed by atoms with Crippen LogP contribution in [0.25, 0.3) is 0 Å². The van der Waals surface area contributed by atoms with E-state index in [2.05, 4.69) is 0 Å². The Morgan fingerprint density at radius 1 is 1.35 bits per heavy atom. The Kier molecular flexibility index (Phi) is 4.38. The largest absolute Gasteiger partial charge is 0.497 e. The standard InChI is InChI=1S/C16H19NO6/c1-21-12-3-2-10-6-11(8-23-14(10)7-12)15(18)17-4-5-22-9-13(17)16(19)20/h2-3,7,11,13H,4-6,8-9H2,1H3,(H,19,20)/t11-,13-/m0/s1. The van der Waals surface area contributed by atoms with Gasteiger partial charge in [-0.1, -0.05) is 6.07 Å². The van der Waals surface area contributed by atoms with Gasteiger partial charge in [0, 0.05) is 12.6 Å². The third kappa shape index (κ3) is 3.10. The first-order valence-electron chi connectivity index (χ1n) is 7.51. The fraction of sp³-hybridized carbons (Fsp3) is 0.500. The van der Waals surface area contributed by atoms with Crippen molar-refractivity contribution in [2.75, 3.05) is 33.5 Å².